The highest BCUT2D eigenvalue weighted by Gasteiger charge is 2.47. The maximum absolute atomic E-state index is 13.9. The highest BCUT2D eigenvalue weighted by Crippen LogP contribution is 2.42. The fourth-order valence-corrected chi connectivity index (χ4v) is 7.16. The molecule has 0 radical (unpaired) electrons. The van der Waals surface area contributed by atoms with Crippen molar-refractivity contribution >= 4 is 17.5 Å². The Morgan fingerprint density at radius 3 is 2.42 bits per heavy atom. The molecular formula is C33H38N4O3. The van der Waals surface area contributed by atoms with Crippen LogP contribution < -0.4 is 15.0 Å². The summed E-state index contributed by atoms with van der Waals surface area (Å²) in [6, 6.07) is 13.8. The van der Waals surface area contributed by atoms with E-state index in [0.717, 1.165) is 60.4 Å². The van der Waals surface area contributed by atoms with Crippen molar-refractivity contribution in [1.29, 1.82) is 0 Å². The molecule has 2 aromatic carbocycles. The molecule has 1 aromatic heterocycles. The van der Waals surface area contributed by atoms with E-state index in [1.165, 1.54) is 24.8 Å². The zero-order valence-corrected chi connectivity index (χ0v) is 23.7. The molecule has 1 aliphatic heterocycles. The minimum Gasteiger partial charge on any atom is -0.497 e. The summed E-state index contributed by atoms with van der Waals surface area (Å²) in [5, 5.41) is 3.26. The summed E-state index contributed by atoms with van der Waals surface area (Å²) in [7, 11) is 1.64. The number of ether oxygens (including phenoxy) is 1. The summed E-state index contributed by atoms with van der Waals surface area (Å²) < 4.78 is 5.36. The minimum atomic E-state index is -0.118. The molecule has 6 rings (SSSR count). The van der Waals surface area contributed by atoms with Crippen molar-refractivity contribution < 1.29 is 14.3 Å². The number of hydrogen-bond acceptors (Lipinski definition) is 5. The second kappa shape index (κ2) is 10.6. The van der Waals surface area contributed by atoms with Crippen molar-refractivity contribution in [2.75, 3.05) is 25.2 Å². The van der Waals surface area contributed by atoms with Crippen LogP contribution in [0.25, 0.3) is 0 Å². The predicted molar refractivity (Wildman–Crippen MR) is 156 cm³/mol. The third kappa shape index (κ3) is 4.72. The number of rotatable bonds is 5. The summed E-state index contributed by atoms with van der Waals surface area (Å²) in [4.78, 5) is 36.0. The third-order valence-corrected chi connectivity index (χ3v) is 9.16. The molecule has 3 aliphatic rings. The average molecular weight is 539 g/mol. The van der Waals surface area contributed by atoms with Gasteiger partial charge in [0.15, 0.2) is 0 Å². The van der Waals surface area contributed by atoms with Crippen LogP contribution in [0, 0.1) is 13.8 Å². The second-order valence-corrected chi connectivity index (χ2v) is 11.7. The number of aromatic nitrogens is 1. The van der Waals surface area contributed by atoms with Gasteiger partial charge < -0.3 is 19.9 Å². The van der Waals surface area contributed by atoms with E-state index in [-0.39, 0.29) is 23.4 Å². The third-order valence-electron chi connectivity index (χ3n) is 9.16. The van der Waals surface area contributed by atoms with Crippen LogP contribution in [0.1, 0.15) is 87.5 Å². The molecule has 2 heterocycles. The van der Waals surface area contributed by atoms with Crippen molar-refractivity contribution in [2.24, 2.45) is 0 Å². The fraction of sp³-hybridized carbons (Fsp3) is 0.424. The summed E-state index contributed by atoms with van der Waals surface area (Å²) in [5.74, 6) is 0.725. The molecule has 208 valence electrons. The maximum atomic E-state index is 13.9. The Morgan fingerprint density at radius 2 is 1.73 bits per heavy atom. The van der Waals surface area contributed by atoms with Crippen LogP contribution in [0.15, 0.2) is 54.9 Å². The highest BCUT2D eigenvalue weighted by atomic mass is 16.5. The normalized spacial score (nSPS) is 19.5. The monoisotopic (exact) mass is 538 g/mol. The Bertz CT molecular complexity index is 1410. The van der Waals surface area contributed by atoms with Gasteiger partial charge in [0.05, 0.1) is 25.4 Å². The molecule has 7 heteroatoms. The molecule has 1 saturated heterocycles. The first kappa shape index (κ1) is 26.4. The van der Waals surface area contributed by atoms with Gasteiger partial charge >= 0.3 is 0 Å². The van der Waals surface area contributed by atoms with Crippen LogP contribution >= 0.6 is 0 Å². The molecule has 1 N–H and O–H groups in total. The first-order chi connectivity index (χ1) is 19.4. The number of benzene rings is 2. The SMILES string of the molecule is COc1cc(C)c(C(=O)NC2CCc3ccc(C(=O)N4CN(c5ccncc5)C5(CCCCC5)C4)cc32)c(C)c1. The molecule has 40 heavy (non-hydrogen) atoms. The summed E-state index contributed by atoms with van der Waals surface area (Å²) >= 11 is 0. The van der Waals surface area contributed by atoms with Crippen molar-refractivity contribution in [3.8, 4) is 5.75 Å². The molecule has 2 amide bonds. The van der Waals surface area contributed by atoms with E-state index in [9.17, 15) is 9.59 Å². The van der Waals surface area contributed by atoms with Gasteiger partial charge in [0, 0.05) is 35.8 Å². The van der Waals surface area contributed by atoms with Gasteiger partial charge in [-0.2, -0.15) is 0 Å². The smallest absolute Gasteiger partial charge is 0.255 e. The first-order valence-corrected chi connectivity index (χ1v) is 14.4. The van der Waals surface area contributed by atoms with Gasteiger partial charge in [0.1, 0.15) is 5.75 Å². The van der Waals surface area contributed by atoms with Gasteiger partial charge in [-0.1, -0.05) is 25.3 Å². The second-order valence-electron chi connectivity index (χ2n) is 11.7. The van der Waals surface area contributed by atoms with Gasteiger partial charge in [-0.05, 0) is 98.2 Å². The number of pyridine rings is 1. The van der Waals surface area contributed by atoms with Crippen LogP contribution in [0.2, 0.25) is 0 Å². The van der Waals surface area contributed by atoms with Crippen LogP contribution in [-0.2, 0) is 6.42 Å². The lowest BCUT2D eigenvalue weighted by Gasteiger charge is -2.41. The van der Waals surface area contributed by atoms with Crippen LogP contribution in [0.4, 0.5) is 5.69 Å². The van der Waals surface area contributed by atoms with E-state index < -0.39 is 0 Å². The van der Waals surface area contributed by atoms with E-state index in [0.29, 0.717) is 17.8 Å². The number of carbonyl (C=O) groups is 2. The van der Waals surface area contributed by atoms with E-state index in [4.69, 9.17) is 4.74 Å². The summed E-state index contributed by atoms with van der Waals surface area (Å²) in [5.41, 5.74) is 6.53. The van der Waals surface area contributed by atoms with Crippen molar-refractivity contribution in [2.45, 2.75) is 70.4 Å². The zero-order valence-electron chi connectivity index (χ0n) is 23.7. The predicted octanol–water partition coefficient (Wildman–Crippen LogP) is 5.75. The maximum Gasteiger partial charge on any atom is 0.255 e. The first-order valence-electron chi connectivity index (χ1n) is 14.4. The summed E-state index contributed by atoms with van der Waals surface area (Å²) in [6.45, 7) is 5.19. The van der Waals surface area contributed by atoms with Gasteiger partial charge in [-0.25, -0.2) is 0 Å². The van der Waals surface area contributed by atoms with Crippen LogP contribution in [0.3, 0.4) is 0 Å². The number of hydrogen-bond donors (Lipinski definition) is 1. The van der Waals surface area contributed by atoms with Gasteiger partial charge in [-0.3, -0.25) is 14.6 Å². The van der Waals surface area contributed by atoms with E-state index in [2.05, 4.69) is 33.4 Å². The van der Waals surface area contributed by atoms with Crippen molar-refractivity contribution in [3.05, 3.63) is 88.2 Å². The molecule has 1 saturated carbocycles. The number of nitrogens with zero attached hydrogens (tertiary/aromatic N) is 3. The standard InChI is InChI=1S/C33H38N4O3/c1-22-17-27(40-3)18-23(2)30(22)31(38)35-29-10-9-24-7-8-25(19-28(24)29)32(39)36-20-33(13-5-4-6-14-33)37(21-36)26-11-15-34-16-12-26/h7-8,11-12,15-19,29H,4-6,9-10,13-14,20-21H2,1-3H3,(H,35,38). The van der Waals surface area contributed by atoms with E-state index in [1.807, 2.05) is 55.4 Å². The van der Waals surface area contributed by atoms with E-state index in [1.54, 1.807) is 7.11 Å². The molecule has 7 nitrogen and oxygen atoms in total. The molecule has 2 fully saturated rings. The number of aryl methyl sites for hydroxylation is 3. The number of carbonyl (C=O) groups excluding carboxylic acids is 2. The Kier molecular flexibility index (Phi) is 6.99. The topological polar surface area (TPSA) is 74.8 Å². The highest BCUT2D eigenvalue weighted by molar-refractivity contribution is 5.98. The zero-order chi connectivity index (χ0) is 27.9. The average Bonchev–Trinajstić information content (AvgIpc) is 3.54. The Hall–Kier alpha value is -3.87. The lowest BCUT2D eigenvalue weighted by molar-refractivity contribution is 0.0778. The molecule has 1 spiro atoms. The molecule has 3 aromatic rings. The number of methoxy groups -OCH3 is 1. The Morgan fingerprint density at radius 1 is 1.00 bits per heavy atom. The number of nitrogens with one attached hydrogen (secondary N) is 1. The number of amides is 2. The van der Waals surface area contributed by atoms with Gasteiger partial charge in [0.25, 0.3) is 11.8 Å². The van der Waals surface area contributed by atoms with Crippen LogP contribution in [0.5, 0.6) is 5.75 Å². The Balaban J connectivity index is 1.23. The number of anilines is 1. The fourth-order valence-electron chi connectivity index (χ4n) is 7.16. The van der Waals surface area contributed by atoms with Crippen molar-refractivity contribution in [1.82, 2.24) is 15.2 Å². The lowest BCUT2D eigenvalue weighted by atomic mass is 9.81. The van der Waals surface area contributed by atoms with Gasteiger partial charge in [0.2, 0.25) is 0 Å². The Labute approximate surface area is 236 Å². The molecule has 0 bridgehead atoms. The largest absolute Gasteiger partial charge is 0.497 e. The van der Waals surface area contributed by atoms with E-state index >= 15 is 0 Å². The quantitative estimate of drug-likeness (QED) is 0.448. The lowest BCUT2D eigenvalue weighted by Crippen LogP contribution is -2.47. The molecule has 1 atom stereocenters. The summed E-state index contributed by atoms with van der Waals surface area (Å²) in [6.07, 6.45) is 11.2. The van der Waals surface area contributed by atoms with Crippen LogP contribution in [-0.4, -0.2) is 47.6 Å². The molecule has 2 aliphatic carbocycles. The molecule has 1 unspecified atom stereocenters. The van der Waals surface area contributed by atoms with Gasteiger partial charge in [-0.15, -0.1) is 0 Å². The van der Waals surface area contributed by atoms with Crippen molar-refractivity contribution in [3.63, 3.8) is 0 Å². The minimum absolute atomic E-state index is 0.0173. The number of fused-ring (bicyclic) bond motifs is 1. The molecular weight excluding hydrogens is 500 g/mol.